The summed E-state index contributed by atoms with van der Waals surface area (Å²) in [6, 6.07) is 13.7. The number of nitrogens with zero attached hydrogens (tertiary/aromatic N) is 1. The van der Waals surface area contributed by atoms with Crippen molar-refractivity contribution >= 4 is 35.0 Å². The topological polar surface area (TPSA) is 58.6 Å². The van der Waals surface area contributed by atoms with Crippen molar-refractivity contribution in [3.8, 4) is 5.75 Å². The molecule has 1 fully saturated rings. The summed E-state index contributed by atoms with van der Waals surface area (Å²) in [5.74, 6) is 0.136. The van der Waals surface area contributed by atoms with Crippen LogP contribution in [0.4, 0.5) is 0 Å². The Kier molecular flexibility index (Phi) is 8.00. The zero-order valence-corrected chi connectivity index (χ0v) is 18.5. The first-order valence-electron chi connectivity index (χ1n) is 10.2. The molecule has 2 aromatic rings. The molecule has 5 nitrogen and oxygen atoms in total. The molecule has 0 heterocycles. The van der Waals surface area contributed by atoms with Gasteiger partial charge in [-0.15, -0.1) is 0 Å². The zero-order valence-electron chi connectivity index (χ0n) is 16.9. The van der Waals surface area contributed by atoms with Crippen LogP contribution in [0.25, 0.3) is 0 Å². The molecule has 1 aliphatic rings. The number of carbonyl (C=O) groups excluding carboxylic acids is 2. The molecule has 1 saturated carbocycles. The van der Waals surface area contributed by atoms with Gasteiger partial charge in [0.05, 0.1) is 0 Å². The molecule has 2 amide bonds. The number of ether oxygens (including phenoxy) is 1. The Hall–Kier alpha value is -2.24. The summed E-state index contributed by atoms with van der Waals surface area (Å²) in [6.45, 7) is 1.75. The third kappa shape index (κ3) is 6.13. The number of carbonyl (C=O) groups is 2. The van der Waals surface area contributed by atoms with E-state index < -0.39 is 6.04 Å². The van der Waals surface area contributed by atoms with Gasteiger partial charge in [-0.25, -0.2) is 0 Å². The largest absolute Gasteiger partial charge is 0.484 e. The maximum atomic E-state index is 13.0. The second-order valence-electron chi connectivity index (χ2n) is 7.53. The van der Waals surface area contributed by atoms with E-state index in [9.17, 15) is 9.59 Å². The Balaban J connectivity index is 1.73. The third-order valence-corrected chi connectivity index (χ3v) is 5.92. The van der Waals surface area contributed by atoms with Crippen LogP contribution in [0.2, 0.25) is 10.0 Å². The maximum Gasteiger partial charge on any atom is 0.261 e. The van der Waals surface area contributed by atoms with Crippen molar-refractivity contribution in [1.82, 2.24) is 10.2 Å². The normalized spacial score (nSPS) is 14.9. The van der Waals surface area contributed by atoms with Crippen LogP contribution in [0.15, 0.2) is 48.5 Å². The average Bonchev–Trinajstić information content (AvgIpc) is 3.25. The maximum absolute atomic E-state index is 13.0. The Labute approximate surface area is 187 Å². The molecule has 0 aromatic heterocycles. The lowest BCUT2D eigenvalue weighted by Crippen LogP contribution is -2.50. The van der Waals surface area contributed by atoms with Crippen LogP contribution in [0, 0.1) is 0 Å². The van der Waals surface area contributed by atoms with E-state index in [1.54, 1.807) is 37.3 Å². The Morgan fingerprint density at radius 1 is 1.13 bits per heavy atom. The second kappa shape index (κ2) is 10.7. The average molecular weight is 449 g/mol. The van der Waals surface area contributed by atoms with E-state index in [1.807, 2.05) is 18.2 Å². The third-order valence-electron chi connectivity index (χ3n) is 5.33. The second-order valence-corrected chi connectivity index (χ2v) is 8.37. The van der Waals surface area contributed by atoms with Gasteiger partial charge in [0, 0.05) is 22.6 Å². The molecule has 0 bridgehead atoms. The van der Waals surface area contributed by atoms with Gasteiger partial charge in [0.1, 0.15) is 11.8 Å². The summed E-state index contributed by atoms with van der Waals surface area (Å²) in [5.41, 5.74) is 0.717. The summed E-state index contributed by atoms with van der Waals surface area (Å²) in [4.78, 5) is 27.4. The lowest BCUT2D eigenvalue weighted by atomic mass is 10.1. The van der Waals surface area contributed by atoms with Gasteiger partial charge in [-0.2, -0.15) is 0 Å². The number of halogens is 2. The molecule has 1 N–H and O–H groups in total. The summed E-state index contributed by atoms with van der Waals surface area (Å²) < 4.78 is 5.62. The lowest BCUT2D eigenvalue weighted by Gasteiger charge is -2.30. The molecular weight excluding hydrogens is 423 g/mol. The molecule has 0 radical (unpaired) electrons. The molecule has 0 aliphatic heterocycles. The molecule has 3 rings (SSSR count). The summed E-state index contributed by atoms with van der Waals surface area (Å²) >= 11 is 12.3. The molecule has 7 heteroatoms. The van der Waals surface area contributed by atoms with Gasteiger partial charge < -0.3 is 15.0 Å². The first-order chi connectivity index (χ1) is 14.4. The fourth-order valence-corrected chi connectivity index (χ4v) is 4.02. The van der Waals surface area contributed by atoms with Gasteiger partial charge in [0.2, 0.25) is 5.91 Å². The van der Waals surface area contributed by atoms with Crippen LogP contribution in [0.5, 0.6) is 5.75 Å². The SMILES string of the molecule is CC(C(=O)NC1CCCC1)N(Cc1ccc(Cl)cc1Cl)C(=O)COc1ccccc1. The number of amides is 2. The van der Waals surface area contributed by atoms with E-state index in [0.29, 0.717) is 15.8 Å². The van der Waals surface area contributed by atoms with Gasteiger partial charge in [-0.1, -0.05) is 60.3 Å². The summed E-state index contributed by atoms with van der Waals surface area (Å²) in [7, 11) is 0. The van der Waals surface area contributed by atoms with E-state index in [-0.39, 0.29) is 31.0 Å². The predicted molar refractivity (Wildman–Crippen MR) is 119 cm³/mol. The van der Waals surface area contributed by atoms with Gasteiger partial charge in [-0.05, 0) is 49.6 Å². The Morgan fingerprint density at radius 2 is 1.83 bits per heavy atom. The van der Waals surface area contributed by atoms with Crippen LogP contribution in [0.3, 0.4) is 0 Å². The minimum Gasteiger partial charge on any atom is -0.484 e. The van der Waals surface area contributed by atoms with Gasteiger partial charge in [-0.3, -0.25) is 9.59 Å². The number of nitrogens with one attached hydrogen (secondary N) is 1. The van der Waals surface area contributed by atoms with Crippen molar-refractivity contribution < 1.29 is 14.3 Å². The Bertz CT molecular complexity index is 870. The van der Waals surface area contributed by atoms with Crippen LogP contribution in [-0.4, -0.2) is 35.4 Å². The molecule has 30 heavy (non-hydrogen) atoms. The highest BCUT2D eigenvalue weighted by molar-refractivity contribution is 6.35. The quantitative estimate of drug-likeness (QED) is 0.627. The lowest BCUT2D eigenvalue weighted by molar-refractivity contribution is -0.142. The highest BCUT2D eigenvalue weighted by Gasteiger charge is 2.29. The minimum absolute atomic E-state index is 0.167. The number of hydrogen-bond donors (Lipinski definition) is 1. The molecule has 1 atom stereocenters. The van der Waals surface area contributed by atoms with Crippen LogP contribution in [-0.2, 0) is 16.1 Å². The minimum atomic E-state index is -0.663. The van der Waals surface area contributed by atoms with E-state index >= 15 is 0 Å². The van der Waals surface area contributed by atoms with Gasteiger partial charge in [0.25, 0.3) is 5.91 Å². The number of benzene rings is 2. The fraction of sp³-hybridized carbons (Fsp3) is 0.391. The van der Waals surface area contributed by atoms with Crippen molar-refractivity contribution in [3.05, 3.63) is 64.1 Å². The molecule has 0 saturated heterocycles. The highest BCUT2D eigenvalue weighted by Crippen LogP contribution is 2.24. The van der Waals surface area contributed by atoms with E-state index in [4.69, 9.17) is 27.9 Å². The predicted octanol–water partition coefficient (Wildman–Crippen LogP) is 4.85. The van der Waals surface area contributed by atoms with Gasteiger partial charge >= 0.3 is 0 Å². The standard InChI is InChI=1S/C23H26Cl2N2O3/c1-16(23(29)26-19-7-5-6-8-19)27(14-17-11-12-18(24)13-21(17)25)22(28)15-30-20-9-3-2-4-10-20/h2-4,9-13,16,19H,5-8,14-15H2,1H3,(H,26,29). The zero-order chi connectivity index (χ0) is 21.5. The van der Waals surface area contributed by atoms with Crippen molar-refractivity contribution in [1.29, 1.82) is 0 Å². The van der Waals surface area contributed by atoms with Crippen molar-refractivity contribution in [2.75, 3.05) is 6.61 Å². The highest BCUT2D eigenvalue weighted by atomic mass is 35.5. The summed E-state index contributed by atoms with van der Waals surface area (Å²) in [5, 5.41) is 4.04. The first kappa shape index (κ1) is 22.4. The molecule has 0 spiro atoms. The number of hydrogen-bond acceptors (Lipinski definition) is 3. The van der Waals surface area contributed by atoms with E-state index in [0.717, 1.165) is 31.2 Å². The smallest absolute Gasteiger partial charge is 0.261 e. The van der Waals surface area contributed by atoms with E-state index in [1.165, 1.54) is 4.90 Å². The van der Waals surface area contributed by atoms with Crippen LogP contribution >= 0.6 is 23.2 Å². The van der Waals surface area contributed by atoms with Crippen molar-refractivity contribution in [3.63, 3.8) is 0 Å². The van der Waals surface area contributed by atoms with Gasteiger partial charge in [0.15, 0.2) is 6.61 Å². The molecule has 1 aliphatic carbocycles. The fourth-order valence-electron chi connectivity index (χ4n) is 3.55. The van der Waals surface area contributed by atoms with Crippen LogP contribution in [0.1, 0.15) is 38.2 Å². The first-order valence-corrected chi connectivity index (χ1v) is 10.9. The number of para-hydroxylation sites is 1. The molecule has 2 aromatic carbocycles. The molecular formula is C23H26Cl2N2O3. The Morgan fingerprint density at radius 3 is 2.50 bits per heavy atom. The van der Waals surface area contributed by atoms with E-state index in [2.05, 4.69) is 5.32 Å². The van der Waals surface area contributed by atoms with Crippen molar-refractivity contribution in [2.24, 2.45) is 0 Å². The van der Waals surface area contributed by atoms with Crippen molar-refractivity contribution in [2.45, 2.75) is 51.2 Å². The molecule has 1 unspecified atom stereocenters. The molecule has 160 valence electrons. The number of rotatable bonds is 8. The van der Waals surface area contributed by atoms with Crippen LogP contribution < -0.4 is 10.1 Å². The summed E-state index contributed by atoms with van der Waals surface area (Å²) in [6.07, 6.45) is 4.19. The monoisotopic (exact) mass is 448 g/mol.